The molecule has 0 bridgehead atoms. The number of alkyl halides is 1. The Balaban J connectivity index is 2.45. The predicted molar refractivity (Wildman–Crippen MR) is 89.4 cm³/mol. The number of nitrogens with one attached hydrogen (secondary N) is 1. The quantitative estimate of drug-likeness (QED) is 0.806. The van der Waals surface area contributed by atoms with Gasteiger partial charge in [-0.15, -0.1) is 0 Å². The molecule has 0 aliphatic carbocycles. The first-order valence-electron chi connectivity index (χ1n) is 7.11. The average Bonchev–Trinajstić information content (AvgIpc) is 2.59. The lowest BCUT2D eigenvalue weighted by atomic mass is 10.0. The summed E-state index contributed by atoms with van der Waals surface area (Å²) in [6.45, 7) is 1.67. The number of hydrogen-bond donors (Lipinski definition) is 2. The number of pyridine rings is 2. The van der Waals surface area contributed by atoms with Crippen LogP contribution < -0.4 is 10.5 Å². The number of nitrogens with zero attached hydrogens (tertiary/aromatic N) is 3. The first-order chi connectivity index (χ1) is 11.5. The zero-order valence-electron chi connectivity index (χ0n) is 12.8. The molecular formula is C16H14FN5OS. The first kappa shape index (κ1) is 17.4. The standard InChI is InChI=1S/C16H14FN5OS/c1-2-9(17)8-23-10-3-4-13(21-7-10)14-11(5-18)15(20)22-16(24)12(14)6-19/h3-4,7,9H,2,8H2,1H3,(H3,20,22,24). The fourth-order valence-electron chi connectivity index (χ4n) is 2.02. The maximum Gasteiger partial charge on any atom is 0.137 e. The van der Waals surface area contributed by atoms with Gasteiger partial charge in [-0.2, -0.15) is 10.5 Å². The van der Waals surface area contributed by atoms with Crippen LogP contribution in [0.25, 0.3) is 11.3 Å². The third-order valence-electron chi connectivity index (χ3n) is 3.33. The highest BCUT2D eigenvalue weighted by molar-refractivity contribution is 7.71. The van der Waals surface area contributed by atoms with Crippen LogP contribution in [0.1, 0.15) is 24.5 Å². The van der Waals surface area contributed by atoms with Crippen molar-refractivity contribution in [2.24, 2.45) is 0 Å². The van der Waals surface area contributed by atoms with Crippen molar-refractivity contribution < 1.29 is 9.13 Å². The minimum Gasteiger partial charge on any atom is -0.489 e. The van der Waals surface area contributed by atoms with Gasteiger partial charge in [0.25, 0.3) is 0 Å². The molecule has 0 amide bonds. The number of aromatic amines is 1. The van der Waals surface area contributed by atoms with Gasteiger partial charge in [0, 0.05) is 5.56 Å². The van der Waals surface area contributed by atoms with Crippen LogP contribution >= 0.6 is 12.2 Å². The molecule has 1 atom stereocenters. The molecule has 24 heavy (non-hydrogen) atoms. The van der Waals surface area contributed by atoms with Gasteiger partial charge in [0.15, 0.2) is 0 Å². The highest BCUT2D eigenvalue weighted by Gasteiger charge is 2.17. The highest BCUT2D eigenvalue weighted by atomic mass is 32.1. The van der Waals surface area contributed by atoms with Crippen molar-refractivity contribution in [1.29, 1.82) is 10.5 Å². The van der Waals surface area contributed by atoms with Crippen LogP contribution in [-0.2, 0) is 0 Å². The van der Waals surface area contributed by atoms with E-state index in [1.165, 1.54) is 6.20 Å². The highest BCUT2D eigenvalue weighted by Crippen LogP contribution is 2.29. The van der Waals surface area contributed by atoms with Gasteiger partial charge < -0.3 is 15.5 Å². The molecule has 0 fully saturated rings. The van der Waals surface area contributed by atoms with E-state index in [1.807, 2.05) is 12.1 Å². The van der Waals surface area contributed by atoms with Crippen LogP contribution in [0.15, 0.2) is 18.3 Å². The van der Waals surface area contributed by atoms with Crippen LogP contribution in [0.5, 0.6) is 5.75 Å². The van der Waals surface area contributed by atoms with E-state index in [4.69, 9.17) is 22.7 Å². The van der Waals surface area contributed by atoms with Crippen molar-refractivity contribution >= 4 is 18.0 Å². The van der Waals surface area contributed by atoms with E-state index in [9.17, 15) is 14.9 Å². The number of anilines is 1. The molecule has 0 aromatic carbocycles. The Bertz CT molecular complexity index is 880. The smallest absolute Gasteiger partial charge is 0.137 e. The fraction of sp³-hybridized carbons (Fsp3) is 0.250. The molecule has 0 radical (unpaired) electrons. The first-order valence-corrected chi connectivity index (χ1v) is 7.51. The summed E-state index contributed by atoms with van der Waals surface area (Å²) < 4.78 is 18.6. The summed E-state index contributed by atoms with van der Waals surface area (Å²) in [4.78, 5) is 6.81. The Kier molecular flexibility index (Phi) is 5.46. The van der Waals surface area contributed by atoms with Gasteiger partial charge in [-0.05, 0) is 18.6 Å². The topological polar surface area (TPSA) is 112 Å². The molecule has 2 rings (SSSR count). The molecule has 2 aromatic rings. The SMILES string of the molecule is CCC(F)COc1ccc(-c2c(C#N)c(N)[nH]c(=S)c2C#N)nc1. The van der Waals surface area contributed by atoms with Crippen LogP contribution in [0, 0.1) is 27.3 Å². The van der Waals surface area contributed by atoms with E-state index >= 15 is 0 Å². The van der Waals surface area contributed by atoms with Crippen LogP contribution in [0.4, 0.5) is 10.2 Å². The third-order valence-corrected chi connectivity index (χ3v) is 3.64. The summed E-state index contributed by atoms with van der Waals surface area (Å²) in [6.07, 6.45) is 0.715. The largest absolute Gasteiger partial charge is 0.489 e. The lowest BCUT2D eigenvalue weighted by Crippen LogP contribution is -2.11. The fourth-order valence-corrected chi connectivity index (χ4v) is 2.28. The maximum atomic E-state index is 13.2. The van der Waals surface area contributed by atoms with Gasteiger partial charge >= 0.3 is 0 Å². The van der Waals surface area contributed by atoms with Crippen molar-refractivity contribution in [1.82, 2.24) is 9.97 Å². The second-order valence-electron chi connectivity index (χ2n) is 4.91. The van der Waals surface area contributed by atoms with E-state index in [2.05, 4.69) is 9.97 Å². The monoisotopic (exact) mass is 343 g/mol. The lowest BCUT2D eigenvalue weighted by molar-refractivity contribution is 0.191. The van der Waals surface area contributed by atoms with E-state index in [-0.39, 0.29) is 33.8 Å². The van der Waals surface area contributed by atoms with Crippen molar-refractivity contribution in [3.8, 4) is 29.1 Å². The molecule has 0 spiro atoms. The minimum atomic E-state index is -1.05. The van der Waals surface area contributed by atoms with E-state index in [1.54, 1.807) is 19.1 Å². The number of hydrogen-bond acceptors (Lipinski definition) is 6. The summed E-state index contributed by atoms with van der Waals surface area (Å²) in [5.74, 6) is 0.461. The summed E-state index contributed by atoms with van der Waals surface area (Å²) in [7, 11) is 0. The van der Waals surface area contributed by atoms with E-state index in [0.29, 0.717) is 17.9 Å². The number of nitrogens with two attached hydrogens (primary N) is 1. The maximum absolute atomic E-state index is 13.2. The number of ether oxygens (including phenoxy) is 1. The van der Waals surface area contributed by atoms with Crippen molar-refractivity contribution in [3.63, 3.8) is 0 Å². The van der Waals surface area contributed by atoms with Crippen molar-refractivity contribution in [2.45, 2.75) is 19.5 Å². The molecular weight excluding hydrogens is 329 g/mol. The molecule has 8 heteroatoms. The number of rotatable bonds is 5. The third kappa shape index (κ3) is 3.50. The van der Waals surface area contributed by atoms with Gasteiger partial charge in [-0.1, -0.05) is 19.1 Å². The average molecular weight is 343 g/mol. The van der Waals surface area contributed by atoms with Gasteiger partial charge in [0.05, 0.1) is 17.5 Å². The Morgan fingerprint density at radius 1 is 1.38 bits per heavy atom. The zero-order chi connectivity index (χ0) is 17.7. The number of nitrogen functional groups attached to an aromatic ring is 1. The van der Waals surface area contributed by atoms with Crippen LogP contribution in [-0.4, -0.2) is 22.7 Å². The van der Waals surface area contributed by atoms with Gasteiger partial charge in [-0.25, -0.2) is 4.39 Å². The molecule has 0 saturated heterocycles. The van der Waals surface area contributed by atoms with Crippen LogP contribution in [0.2, 0.25) is 0 Å². The summed E-state index contributed by atoms with van der Waals surface area (Å²) in [6, 6.07) is 7.07. The van der Waals surface area contributed by atoms with Crippen molar-refractivity contribution in [2.75, 3.05) is 12.3 Å². The molecule has 0 aliphatic heterocycles. The Labute approximate surface area is 143 Å². The summed E-state index contributed by atoms with van der Waals surface area (Å²) in [5.41, 5.74) is 6.61. The Morgan fingerprint density at radius 3 is 2.62 bits per heavy atom. The van der Waals surface area contributed by atoms with Gasteiger partial charge in [-0.3, -0.25) is 4.98 Å². The molecule has 2 heterocycles. The molecule has 3 N–H and O–H groups in total. The number of halogens is 1. The van der Waals surface area contributed by atoms with Gasteiger partial charge in [0.1, 0.15) is 46.7 Å². The molecule has 2 aromatic heterocycles. The second-order valence-corrected chi connectivity index (χ2v) is 5.32. The summed E-state index contributed by atoms with van der Waals surface area (Å²) >= 11 is 5.08. The Morgan fingerprint density at radius 2 is 2.08 bits per heavy atom. The molecule has 1 unspecified atom stereocenters. The summed E-state index contributed by atoms with van der Waals surface area (Å²) in [5, 5.41) is 18.6. The molecule has 0 saturated carbocycles. The lowest BCUT2D eigenvalue weighted by Gasteiger charge is -2.11. The Hall–Kier alpha value is -2.97. The minimum absolute atomic E-state index is 0.0615. The number of aromatic nitrogens is 2. The number of nitriles is 2. The number of H-pyrrole nitrogens is 1. The van der Waals surface area contributed by atoms with Crippen LogP contribution in [0.3, 0.4) is 0 Å². The van der Waals surface area contributed by atoms with Crippen molar-refractivity contribution in [3.05, 3.63) is 34.1 Å². The molecule has 0 aliphatic rings. The molecule has 122 valence electrons. The normalized spacial score (nSPS) is 11.3. The zero-order valence-corrected chi connectivity index (χ0v) is 13.7. The predicted octanol–water partition coefficient (Wildman–Crippen LogP) is 3.26. The van der Waals surface area contributed by atoms with E-state index < -0.39 is 6.17 Å². The van der Waals surface area contributed by atoms with E-state index in [0.717, 1.165) is 0 Å². The second kappa shape index (κ2) is 7.53. The molecule has 6 nitrogen and oxygen atoms in total. The van der Waals surface area contributed by atoms with Gasteiger partial charge in [0.2, 0.25) is 0 Å².